The predicted octanol–water partition coefficient (Wildman–Crippen LogP) is 0.636. The Bertz CT molecular complexity index is 96.1. The van der Waals surface area contributed by atoms with Crippen molar-refractivity contribution < 1.29 is 9.84 Å². The lowest BCUT2D eigenvalue weighted by Gasteiger charge is -2.14. The van der Waals surface area contributed by atoms with E-state index in [9.17, 15) is 0 Å². The van der Waals surface area contributed by atoms with Crippen LogP contribution in [0.3, 0.4) is 0 Å². The lowest BCUT2D eigenvalue weighted by atomic mass is 10.1. The van der Waals surface area contributed by atoms with Crippen LogP contribution in [-0.4, -0.2) is 24.4 Å². The van der Waals surface area contributed by atoms with Crippen molar-refractivity contribution in [3.63, 3.8) is 0 Å². The molecule has 0 fully saturated rings. The molecule has 66 valence electrons. The van der Waals surface area contributed by atoms with E-state index in [0.717, 1.165) is 19.3 Å². The maximum atomic E-state index is 8.54. The van der Waals surface area contributed by atoms with E-state index in [2.05, 4.69) is 6.58 Å². The van der Waals surface area contributed by atoms with Crippen LogP contribution in [0.25, 0.3) is 0 Å². The van der Waals surface area contributed by atoms with Gasteiger partial charge in [0.05, 0.1) is 12.4 Å². The fraction of sp³-hybridized carbons (Fsp3) is 0.750. The standard InChI is InChI=1S/C8H17NO2/c1-2-11-8(5-6-9)4-3-7-10/h2,8,10H,1,3-7,9H2. The lowest BCUT2D eigenvalue weighted by molar-refractivity contribution is 0.119. The zero-order chi connectivity index (χ0) is 8.53. The molecule has 3 nitrogen and oxygen atoms in total. The van der Waals surface area contributed by atoms with Crippen LogP contribution in [-0.2, 0) is 4.74 Å². The van der Waals surface area contributed by atoms with Crippen molar-refractivity contribution in [2.75, 3.05) is 13.2 Å². The Morgan fingerprint density at radius 3 is 2.73 bits per heavy atom. The van der Waals surface area contributed by atoms with Crippen LogP contribution in [0.4, 0.5) is 0 Å². The minimum absolute atomic E-state index is 0.129. The van der Waals surface area contributed by atoms with Gasteiger partial charge in [0.25, 0.3) is 0 Å². The molecule has 0 saturated carbocycles. The molecule has 3 heteroatoms. The van der Waals surface area contributed by atoms with Crippen LogP contribution in [0, 0.1) is 0 Å². The first kappa shape index (κ1) is 10.5. The summed E-state index contributed by atoms with van der Waals surface area (Å²) < 4.78 is 5.16. The van der Waals surface area contributed by atoms with Gasteiger partial charge in [0, 0.05) is 6.61 Å². The van der Waals surface area contributed by atoms with E-state index >= 15 is 0 Å². The molecule has 0 aliphatic heterocycles. The van der Waals surface area contributed by atoms with Crippen molar-refractivity contribution in [3.05, 3.63) is 12.8 Å². The Morgan fingerprint density at radius 1 is 1.55 bits per heavy atom. The summed E-state index contributed by atoms with van der Waals surface area (Å²) in [5, 5.41) is 8.54. The van der Waals surface area contributed by atoms with Gasteiger partial charge < -0.3 is 15.6 Å². The van der Waals surface area contributed by atoms with E-state index in [1.54, 1.807) is 0 Å². The Kier molecular flexibility index (Phi) is 7.19. The van der Waals surface area contributed by atoms with Gasteiger partial charge in [-0.25, -0.2) is 0 Å². The highest BCUT2D eigenvalue weighted by Gasteiger charge is 2.05. The Morgan fingerprint density at radius 2 is 2.27 bits per heavy atom. The molecule has 0 amide bonds. The SMILES string of the molecule is C=COC(CCN)CCCO. The zero-order valence-electron chi connectivity index (χ0n) is 6.83. The zero-order valence-corrected chi connectivity index (χ0v) is 6.83. The molecular weight excluding hydrogens is 142 g/mol. The third-order valence-corrected chi connectivity index (χ3v) is 1.46. The molecule has 0 aromatic heterocycles. The highest BCUT2D eigenvalue weighted by Crippen LogP contribution is 2.05. The van der Waals surface area contributed by atoms with Crippen molar-refractivity contribution in [1.82, 2.24) is 0 Å². The number of hydrogen-bond donors (Lipinski definition) is 2. The Labute approximate surface area is 67.9 Å². The molecule has 0 aliphatic rings. The second-order valence-corrected chi connectivity index (χ2v) is 2.37. The molecular formula is C8H17NO2. The number of nitrogens with two attached hydrogens (primary N) is 1. The molecule has 0 spiro atoms. The maximum absolute atomic E-state index is 8.54. The fourth-order valence-electron chi connectivity index (χ4n) is 0.921. The molecule has 0 bridgehead atoms. The van der Waals surface area contributed by atoms with E-state index in [1.807, 2.05) is 0 Å². The number of aliphatic hydroxyl groups is 1. The van der Waals surface area contributed by atoms with Gasteiger partial charge in [-0.3, -0.25) is 0 Å². The minimum atomic E-state index is 0.129. The molecule has 1 atom stereocenters. The molecule has 0 radical (unpaired) electrons. The van der Waals surface area contributed by atoms with Gasteiger partial charge >= 0.3 is 0 Å². The summed E-state index contributed by atoms with van der Waals surface area (Å²) >= 11 is 0. The Balaban J connectivity index is 3.41. The molecule has 0 saturated heterocycles. The summed E-state index contributed by atoms with van der Waals surface area (Å²) in [5.41, 5.74) is 5.35. The average molecular weight is 159 g/mol. The highest BCUT2D eigenvalue weighted by molar-refractivity contribution is 4.63. The average Bonchev–Trinajstić information content (AvgIpc) is 2.01. The summed E-state index contributed by atoms with van der Waals surface area (Å²) in [4.78, 5) is 0. The smallest absolute Gasteiger partial charge is 0.0991 e. The van der Waals surface area contributed by atoms with Gasteiger partial charge in [-0.05, 0) is 25.8 Å². The topological polar surface area (TPSA) is 55.5 Å². The first-order valence-corrected chi connectivity index (χ1v) is 3.92. The second kappa shape index (κ2) is 7.57. The van der Waals surface area contributed by atoms with Crippen LogP contribution in [0.15, 0.2) is 12.8 Å². The molecule has 0 aromatic carbocycles. The summed E-state index contributed by atoms with van der Waals surface area (Å²) in [6.07, 6.45) is 3.99. The van der Waals surface area contributed by atoms with Crippen molar-refractivity contribution in [1.29, 1.82) is 0 Å². The summed E-state index contributed by atoms with van der Waals surface area (Å²) in [5.74, 6) is 0. The van der Waals surface area contributed by atoms with Crippen molar-refractivity contribution in [3.8, 4) is 0 Å². The molecule has 0 aliphatic carbocycles. The van der Waals surface area contributed by atoms with Crippen molar-refractivity contribution >= 4 is 0 Å². The molecule has 11 heavy (non-hydrogen) atoms. The normalized spacial score (nSPS) is 12.5. The van der Waals surface area contributed by atoms with Gasteiger partial charge in [0.15, 0.2) is 0 Å². The fourth-order valence-corrected chi connectivity index (χ4v) is 0.921. The quantitative estimate of drug-likeness (QED) is 0.536. The van der Waals surface area contributed by atoms with E-state index in [-0.39, 0.29) is 12.7 Å². The summed E-state index contributed by atoms with van der Waals surface area (Å²) in [6.45, 7) is 4.29. The molecule has 0 aromatic rings. The van der Waals surface area contributed by atoms with Crippen LogP contribution >= 0.6 is 0 Å². The third-order valence-electron chi connectivity index (χ3n) is 1.46. The lowest BCUT2D eigenvalue weighted by Crippen LogP contribution is -2.15. The molecule has 0 rings (SSSR count). The number of aliphatic hydroxyl groups excluding tert-OH is 1. The molecule has 0 heterocycles. The van der Waals surface area contributed by atoms with Crippen LogP contribution in [0.1, 0.15) is 19.3 Å². The van der Waals surface area contributed by atoms with Gasteiger partial charge in [0.2, 0.25) is 0 Å². The Hall–Kier alpha value is -0.540. The summed E-state index contributed by atoms with van der Waals surface area (Å²) in [7, 11) is 0. The van der Waals surface area contributed by atoms with Crippen molar-refractivity contribution in [2.24, 2.45) is 5.73 Å². The minimum Gasteiger partial charge on any atom is -0.499 e. The van der Waals surface area contributed by atoms with Crippen LogP contribution < -0.4 is 5.73 Å². The van der Waals surface area contributed by atoms with Crippen LogP contribution in [0.2, 0.25) is 0 Å². The van der Waals surface area contributed by atoms with Crippen LogP contribution in [0.5, 0.6) is 0 Å². The van der Waals surface area contributed by atoms with Gasteiger partial charge in [-0.1, -0.05) is 6.58 Å². The van der Waals surface area contributed by atoms with E-state index in [1.165, 1.54) is 6.26 Å². The largest absolute Gasteiger partial charge is 0.499 e. The first-order chi connectivity index (χ1) is 5.35. The molecule has 3 N–H and O–H groups in total. The number of hydrogen-bond acceptors (Lipinski definition) is 3. The van der Waals surface area contributed by atoms with Crippen molar-refractivity contribution in [2.45, 2.75) is 25.4 Å². The van der Waals surface area contributed by atoms with E-state index < -0.39 is 0 Å². The number of rotatable bonds is 7. The monoisotopic (exact) mass is 159 g/mol. The highest BCUT2D eigenvalue weighted by atomic mass is 16.5. The molecule has 1 unspecified atom stereocenters. The predicted molar refractivity (Wildman–Crippen MR) is 45.1 cm³/mol. The van der Waals surface area contributed by atoms with Gasteiger partial charge in [-0.15, -0.1) is 0 Å². The second-order valence-electron chi connectivity index (χ2n) is 2.37. The summed E-state index contributed by atoms with van der Waals surface area (Å²) in [6, 6.07) is 0. The maximum Gasteiger partial charge on any atom is 0.0991 e. The van der Waals surface area contributed by atoms with Gasteiger partial charge in [-0.2, -0.15) is 0 Å². The van der Waals surface area contributed by atoms with E-state index in [4.69, 9.17) is 15.6 Å². The number of ether oxygens (including phenoxy) is 1. The first-order valence-electron chi connectivity index (χ1n) is 3.92. The van der Waals surface area contributed by atoms with Gasteiger partial charge in [0.1, 0.15) is 0 Å². The van der Waals surface area contributed by atoms with E-state index in [0.29, 0.717) is 6.54 Å². The third kappa shape index (κ3) is 5.88.